The molecule has 1 aliphatic rings. The summed E-state index contributed by atoms with van der Waals surface area (Å²) in [7, 11) is 0. The molecule has 0 aromatic carbocycles. The van der Waals surface area contributed by atoms with Crippen LogP contribution in [-0.4, -0.2) is 41.6 Å². The van der Waals surface area contributed by atoms with E-state index in [1.807, 2.05) is 25.7 Å². The molecule has 1 rings (SSSR count). The highest BCUT2D eigenvalue weighted by Crippen LogP contribution is 2.23. The lowest BCUT2D eigenvalue weighted by atomic mass is 9.86. The highest BCUT2D eigenvalue weighted by molar-refractivity contribution is 5.86. The number of carbonyl (C=O) groups is 2. The monoisotopic (exact) mass is 284 g/mol. The average molecular weight is 284 g/mol. The second-order valence-electron chi connectivity index (χ2n) is 7.48. The van der Waals surface area contributed by atoms with Gasteiger partial charge in [0.05, 0.1) is 0 Å². The van der Waals surface area contributed by atoms with E-state index < -0.39 is 17.7 Å². The van der Waals surface area contributed by atoms with Gasteiger partial charge in [-0.25, -0.2) is 4.79 Å². The highest BCUT2D eigenvalue weighted by atomic mass is 16.6. The SMILES string of the molecule is CC(C)(C)OC(=O)N[C@H](C(=O)N1CCCC1)C(C)(C)C. The van der Waals surface area contributed by atoms with Gasteiger partial charge in [-0.15, -0.1) is 0 Å². The Kier molecular flexibility index (Phi) is 5.05. The Hall–Kier alpha value is -1.26. The predicted octanol–water partition coefficient (Wildman–Crippen LogP) is 2.55. The lowest BCUT2D eigenvalue weighted by molar-refractivity contribution is -0.135. The summed E-state index contributed by atoms with van der Waals surface area (Å²) < 4.78 is 5.26. The van der Waals surface area contributed by atoms with Crippen molar-refractivity contribution in [2.75, 3.05) is 13.1 Å². The molecule has 116 valence electrons. The van der Waals surface area contributed by atoms with Gasteiger partial charge in [0.1, 0.15) is 11.6 Å². The molecule has 20 heavy (non-hydrogen) atoms. The maximum absolute atomic E-state index is 12.5. The fraction of sp³-hybridized carbons (Fsp3) is 0.867. The summed E-state index contributed by atoms with van der Waals surface area (Å²) in [5.74, 6) is -0.0131. The standard InChI is InChI=1S/C15H28N2O3/c1-14(2,3)11(12(18)17-9-7-8-10-17)16-13(19)20-15(4,5)6/h11H,7-10H2,1-6H3,(H,16,19)/t11-/m1/s1. The third kappa shape index (κ3) is 5.02. The molecular formula is C15H28N2O3. The maximum Gasteiger partial charge on any atom is 0.408 e. The molecule has 0 radical (unpaired) electrons. The van der Waals surface area contributed by atoms with Gasteiger partial charge < -0.3 is 15.0 Å². The van der Waals surface area contributed by atoms with Gasteiger partial charge in [-0.2, -0.15) is 0 Å². The number of alkyl carbamates (subject to hydrolysis) is 1. The lowest BCUT2D eigenvalue weighted by Gasteiger charge is -2.34. The third-order valence-corrected chi connectivity index (χ3v) is 3.19. The molecule has 0 spiro atoms. The Morgan fingerprint density at radius 1 is 1.05 bits per heavy atom. The lowest BCUT2D eigenvalue weighted by Crippen LogP contribution is -2.55. The van der Waals surface area contributed by atoms with Crippen LogP contribution < -0.4 is 5.32 Å². The van der Waals surface area contributed by atoms with E-state index in [1.165, 1.54) is 0 Å². The van der Waals surface area contributed by atoms with Crippen LogP contribution >= 0.6 is 0 Å². The molecule has 0 aromatic heterocycles. The molecule has 0 aliphatic carbocycles. The zero-order valence-electron chi connectivity index (χ0n) is 13.6. The van der Waals surface area contributed by atoms with Crippen molar-refractivity contribution in [2.45, 2.75) is 66.0 Å². The first kappa shape index (κ1) is 16.8. The molecule has 1 heterocycles. The molecule has 1 fully saturated rings. The van der Waals surface area contributed by atoms with Gasteiger partial charge in [0.25, 0.3) is 0 Å². The number of hydrogen-bond acceptors (Lipinski definition) is 3. The summed E-state index contributed by atoms with van der Waals surface area (Å²) >= 11 is 0. The topological polar surface area (TPSA) is 58.6 Å². The number of hydrogen-bond donors (Lipinski definition) is 1. The van der Waals surface area contributed by atoms with Crippen molar-refractivity contribution < 1.29 is 14.3 Å². The molecule has 5 nitrogen and oxygen atoms in total. The van der Waals surface area contributed by atoms with E-state index in [-0.39, 0.29) is 11.3 Å². The van der Waals surface area contributed by atoms with Gasteiger partial charge in [-0.3, -0.25) is 4.79 Å². The second kappa shape index (κ2) is 6.02. The molecule has 1 N–H and O–H groups in total. The van der Waals surface area contributed by atoms with Crippen molar-refractivity contribution in [1.82, 2.24) is 10.2 Å². The summed E-state index contributed by atoms with van der Waals surface area (Å²) in [5.41, 5.74) is -0.917. The highest BCUT2D eigenvalue weighted by Gasteiger charge is 2.37. The molecule has 0 saturated carbocycles. The van der Waals surface area contributed by atoms with Crippen molar-refractivity contribution in [2.24, 2.45) is 5.41 Å². The smallest absolute Gasteiger partial charge is 0.408 e. The van der Waals surface area contributed by atoms with Crippen LogP contribution in [0.2, 0.25) is 0 Å². The molecule has 5 heteroatoms. The quantitative estimate of drug-likeness (QED) is 0.847. The summed E-state index contributed by atoms with van der Waals surface area (Å²) in [4.78, 5) is 26.3. The van der Waals surface area contributed by atoms with E-state index in [0.29, 0.717) is 0 Å². The molecule has 2 amide bonds. The zero-order valence-corrected chi connectivity index (χ0v) is 13.6. The number of rotatable bonds is 2. The van der Waals surface area contributed by atoms with Crippen molar-refractivity contribution in [3.8, 4) is 0 Å². The minimum atomic E-state index is -0.566. The first-order chi connectivity index (χ1) is 9.00. The molecular weight excluding hydrogens is 256 g/mol. The van der Waals surface area contributed by atoms with Crippen LogP contribution in [0, 0.1) is 5.41 Å². The van der Waals surface area contributed by atoms with Crippen molar-refractivity contribution in [1.29, 1.82) is 0 Å². The van der Waals surface area contributed by atoms with Crippen LogP contribution in [-0.2, 0) is 9.53 Å². The van der Waals surface area contributed by atoms with Gasteiger partial charge >= 0.3 is 6.09 Å². The first-order valence-corrected chi connectivity index (χ1v) is 7.29. The van der Waals surface area contributed by atoms with Crippen molar-refractivity contribution >= 4 is 12.0 Å². The van der Waals surface area contributed by atoms with Gasteiger partial charge in [0.15, 0.2) is 0 Å². The number of nitrogens with one attached hydrogen (secondary N) is 1. The zero-order chi connectivity index (χ0) is 15.6. The first-order valence-electron chi connectivity index (χ1n) is 7.29. The Bertz CT molecular complexity index is 360. The molecule has 0 aromatic rings. The van der Waals surface area contributed by atoms with Crippen molar-refractivity contribution in [3.05, 3.63) is 0 Å². The van der Waals surface area contributed by atoms with E-state index in [9.17, 15) is 9.59 Å². The van der Waals surface area contributed by atoms with Crippen LogP contribution in [0.4, 0.5) is 4.79 Å². The average Bonchev–Trinajstić information content (AvgIpc) is 2.74. The van der Waals surface area contributed by atoms with E-state index in [4.69, 9.17) is 4.74 Å². The normalized spacial score (nSPS) is 17.8. The third-order valence-electron chi connectivity index (χ3n) is 3.19. The van der Waals surface area contributed by atoms with Gasteiger partial charge in [0.2, 0.25) is 5.91 Å². The van der Waals surface area contributed by atoms with Crippen LogP contribution in [0.15, 0.2) is 0 Å². The van der Waals surface area contributed by atoms with Gasteiger partial charge in [-0.05, 0) is 39.0 Å². The van der Waals surface area contributed by atoms with Gasteiger partial charge in [0, 0.05) is 13.1 Å². The molecule has 1 saturated heterocycles. The number of amides is 2. The number of ether oxygens (including phenoxy) is 1. The maximum atomic E-state index is 12.5. The van der Waals surface area contributed by atoms with Crippen LogP contribution in [0.1, 0.15) is 54.4 Å². The summed E-state index contributed by atoms with van der Waals surface area (Å²) in [5, 5.41) is 2.74. The largest absolute Gasteiger partial charge is 0.444 e. The summed E-state index contributed by atoms with van der Waals surface area (Å²) in [6.45, 7) is 12.8. The molecule has 1 aliphatic heterocycles. The van der Waals surface area contributed by atoms with Gasteiger partial charge in [-0.1, -0.05) is 20.8 Å². The van der Waals surface area contributed by atoms with Crippen LogP contribution in [0.5, 0.6) is 0 Å². The fourth-order valence-electron chi connectivity index (χ4n) is 2.19. The van der Waals surface area contributed by atoms with E-state index in [1.54, 1.807) is 20.8 Å². The Labute approximate surface area is 122 Å². The second-order valence-corrected chi connectivity index (χ2v) is 7.48. The minimum Gasteiger partial charge on any atom is -0.444 e. The van der Waals surface area contributed by atoms with Crippen molar-refractivity contribution in [3.63, 3.8) is 0 Å². The predicted molar refractivity (Wildman–Crippen MR) is 78.4 cm³/mol. The number of likely N-dealkylation sites (tertiary alicyclic amines) is 1. The Morgan fingerprint density at radius 3 is 1.95 bits per heavy atom. The van der Waals surface area contributed by atoms with E-state index in [0.717, 1.165) is 25.9 Å². The van der Waals surface area contributed by atoms with E-state index in [2.05, 4.69) is 5.32 Å². The Morgan fingerprint density at radius 2 is 1.55 bits per heavy atom. The summed E-state index contributed by atoms with van der Waals surface area (Å²) in [6.07, 6.45) is 1.54. The molecule has 0 unspecified atom stereocenters. The number of nitrogens with zero attached hydrogens (tertiary/aromatic N) is 1. The fourth-order valence-corrected chi connectivity index (χ4v) is 2.19. The van der Waals surface area contributed by atoms with Crippen LogP contribution in [0.25, 0.3) is 0 Å². The van der Waals surface area contributed by atoms with E-state index >= 15 is 0 Å². The molecule has 0 bridgehead atoms. The summed E-state index contributed by atoms with van der Waals surface area (Å²) in [6, 6.07) is -0.560. The minimum absolute atomic E-state index is 0.0131. The Balaban J connectivity index is 2.75. The van der Waals surface area contributed by atoms with Crippen LogP contribution in [0.3, 0.4) is 0 Å². The molecule has 1 atom stereocenters. The number of carbonyl (C=O) groups excluding carboxylic acids is 2.